The zero-order chi connectivity index (χ0) is 12.5. The molecule has 0 saturated heterocycles. The molecule has 0 bridgehead atoms. The predicted molar refractivity (Wildman–Crippen MR) is 69.2 cm³/mol. The van der Waals surface area contributed by atoms with Gasteiger partial charge in [-0.1, -0.05) is 15.9 Å². The molecule has 90 valence electrons. The van der Waals surface area contributed by atoms with Crippen LogP contribution < -0.4 is 10.5 Å². The zero-order valence-electron chi connectivity index (χ0n) is 10.1. The van der Waals surface area contributed by atoms with Crippen LogP contribution in [0.3, 0.4) is 0 Å². The van der Waals surface area contributed by atoms with E-state index in [9.17, 15) is 5.11 Å². The number of hydrogen-bond donors (Lipinski definition) is 2. The molecule has 3 nitrogen and oxygen atoms in total. The van der Waals surface area contributed by atoms with Gasteiger partial charge in [0.25, 0.3) is 0 Å². The molecule has 1 atom stereocenters. The first kappa shape index (κ1) is 13.3. The fourth-order valence-corrected chi connectivity index (χ4v) is 2.25. The van der Waals surface area contributed by atoms with Crippen molar-refractivity contribution < 1.29 is 9.84 Å². The van der Waals surface area contributed by atoms with Crippen molar-refractivity contribution in [2.45, 2.75) is 33.2 Å². The van der Waals surface area contributed by atoms with Crippen LogP contribution in [0.25, 0.3) is 0 Å². The summed E-state index contributed by atoms with van der Waals surface area (Å²) in [6.45, 7) is 5.79. The summed E-state index contributed by atoms with van der Waals surface area (Å²) >= 11 is 3.51. The Morgan fingerprint density at radius 3 is 2.38 bits per heavy atom. The van der Waals surface area contributed by atoms with E-state index in [0.29, 0.717) is 12.2 Å². The molecule has 0 radical (unpaired) electrons. The van der Waals surface area contributed by atoms with Gasteiger partial charge in [0.1, 0.15) is 0 Å². The van der Waals surface area contributed by atoms with Crippen molar-refractivity contribution in [2.75, 3.05) is 7.11 Å². The fourth-order valence-electron chi connectivity index (χ4n) is 1.83. The van der Waals surface area contributed by atoms with Gasteiger partial charge in [-0.3, -0.25) is 0 Å². The minimum absolute atomic E-state index is 0.00362. The highest BCUT2D eigenvalue weighted by Gasteiger charge is 2.19. The summed E-state index contributed by atoms with van der Waals surface area (Å²) in [4.78, 5) is 0. The van der Waals surface area contributed by atoms with Crippen LogP contribution in [0, 0.1) is 13.8 Å². The van der Waals surface area contributed by atoms with E-state index in [4.69, 9.17) is 10.5 Å². The molecule has 0 aliphatic carbocycles. The number of phenols is 1. The molecule has 0 saturated carbocycles. The summed E-state index contributed by atoms with van der Waals surface area (Å²) in [5.41, 5.74) is 8.56. The molecule has 0 heterocycles. The van der Waals surface area contributed by atoms with Crippen molar-refractivity contribution >= 4 is 15.9 Å². The molecule has 16 heavy (non-hydrogen) atoms. The van der Waals surface area contributed by atoms with Gasteiger partial charge in [-0.2, -0.15) is 0 Å². The number of ether oxygens (including phenoxy) is 1. The molecule has 0 amide bonds. The Labute approximate surface area is 105 Å². The van der Waals surface area contributed by atoms with E-state index in [2.05, 4.69) is 15.9 Å². The molecule has 4 heteroatoms. The second-order valence-electron chi connectivity index (χ2n) is 4.11. The van der Waals surface area contributed by atoms with E-state index in [1.165, 1.54) is 0 Å². The fraction of sp³-hybridized carbons (Fsp3) is 0.500. The lowest BCUT2D eigenvalue weighted by Crippen LogP contribution is -2.18. The number of halogens is 1. The molecule has 1 aromatic carbocycles. The van der Waals surface area contributed by atoms with Crippen molar-refractivity contribution in [1.29, 1.82) is 0 Å². The van der Waals surface area contributed by atoms with Gasteiger partial charge in [-0.25, -0.2) is 0 Å². The summed E-state index contributed by atoms with van der Waals surface area (Å²) in [6, 6.07) is 0.00362. The maximum absolute atomic E-state index is 10.1. The molecule has 1 aromatic rings. The van der Waals surface area contributed by atoms with Gasteiger partial charge >= 0.3 is 0 Å². The van der Waals surface area contributed by atoms with Crippen LogP contribution in [0.2, 0.25) is 0 Å². The molecule has 0 fully saturated rings. The summed E-state index contributed by atoms with van der Waals surface area (Å²) in [5, 5.41) is 10.1. The molecule has 0 spiro atoms. The highest BCUT2D eigenvalue weighted by Crippen LogP contribution is 2.41. The Bertz CT molecular complexity index is 403. The molecule has 1 rings (SSSR count). The third-order valence-electron chi connectivity index (χ3n) is 2.68. The van der Waals surface area contributed by atoms with Crippen LogP contribution in [-0.4, -0.2) is 18.3 Å². The van der Waals surface area contributed by atoms with Gasteiger partial charge in [-0.15, -0.1) is 0 Å². The Morgan fingerprint density at radius 2 is 1.94 bits per heavy atom. The van der Waals surface area contributed by atoms with Crippen molar-refractivity contribution in [3.8, 4) is 11.5 Å². The van der Waals surface area contributed by atoms with Crippen molar-refractivity contribution in [3.63, 3.8) is 0 Å². The number of methoxy groups -OCH3 is 1. The average molecular weight is 288 g/mol. The third kappa shape index (κ3) is 2.33. The van der Waals surface area contributed by atoms with E-state index in [1.54, 1.807) is 7.11 Å². The van der Waals surface area contributed by atoms with Gasteiger partial charge < -0.3 is 15.6 Å². The smallest absolute Gasteiger partial charge is 0.164 e. The molecular weight excluding hydrogens is 270 g/mol. The van der Waals surface area contributed by atoms with Crippen LogP contribution in [0.4, 0.5) is 0 Å². The Hall–Kier alpha value is -0.740. The molecule has 3 N–H and O–H groups in total. The number of phenolic OH excluding ortho intramolecular Hbond substituents is 1. The van der Waals surface area contributed by atoms with Gasteiger partial charge in [0.05, 0.1) is 7.11 Å². The van der Waals surface area contributed by atoms with Crippen LogP contribution in [-0.2, 0) is 6.42 Å². The highest BCUT2D eigenvalue weighted by atomic mass is 79.9. The number of hydrogen-bond acceptors (Lipinski definition) is 3. The minimum Gasteiger partial charge on any atom is -0.504 e. The van der Waals surface area contributed by atoms with Crippen LogP contribution >= 0.6 is 15.9 Å². The van der Waals surface area contributed by atoms with Crippen LogP contribution in [0.1, 0.15) is 23.6 Å². The van der Waals surface area contributed by atoms with Gasteiger partial charge in [-0.05, 0) is 32.8 Å². The van der Waals surface area contributed by atoms with Gasteiger partial charge in [0, 0.05) is 21.6 Å². The molecule has 0 aliphatic rings. The lowest BCUT2D eigenvalue weighted by molar-refractivity contribution is 0.366. The van der Waals surface area contributed by atoms with Crippen molar-refractivity contribution in [3.05, 3.63) is 21.2 Å². The largest absolute Gasteiger partial charge is 0.504 e. The molecule has 0 aromatic heterocycles. The van der Waals surface area contributed by atoms with E-state index in [1.807, 2.05) is 20.8 Å². The SMILES string of the molecule is COc1c(C)c(Br)c(C)c(CC(C)N)c1O. The molecule has 0 aliphatic heterocycles. The van der Waals surface area contributed by atoms with Crippen molar-refractivity contribution in [2.24, 2.45) is 5.73 Å². The maximum atomic E-state index is 10.1. The highest BCUT2D eigenvalue weighted by molar-refractivity contribution is 9.10. The lowest BCUT2D eigenvalue weighted by atomic mass is 9.98. The Balaban J connectivity index is 3.43. The standard InChI is InChI=1S/C12H18BrNO2/c1-6(14)5-9-7(2)10(13)8(3)12(16-4)11(9)15/h6,15H,5,14H2,1-4H3. The maximum Gasteiger partial charge on any atom is 0.164 e. The topological polar surface area (TPSA) is 55.5 Å². The number of aromatic hydroxyl groups is 1. The Morgan fingerprint density at radius 1 is 1.38 bits per heavy atom. The summed E-state index contributed by atoms with van der Waals surface area (Å²) in [5.74, 6) is 0.728. The summed E-state index contributed by atoms with van der Waals surface area (Å²) < 4.78 is 6.18. The van der Waals surface area contributed by atoms with E-state index < -0.39 is 0 Å². The second-order valence-corrected chi connectivity index (χ2v) is 4.90. The average Bonchev–Trinajstić information content (AvgIpc) is 2.22. The molecular formula is C12H18BrNO2. The first-order valence-corrected chi connectivity index (χ1v) is 5.99. The number of nitrogens with two attached hydrogens (primary N) is 1. The van der Waals surface area contributed by atoms with Crippen LogP contribution in [0.15, 0.2) is 4.47 Å². The van der Waals surface area contributed by atoms with Crippen LogP contribution in [0.5, 0.6) is 11.5 Å². The third-order valence-corrected chi connectivity index (χ3v) is 3.87. The minimum atomic E-state index is 0.00362. The number of benzene rings is 1. The number of rotatable bonds is 3. The summed E-state index contributed by atoms with van der Waals surface area (Å²) in [6.07, 6.45) is 0.632. The van der Waals surface area contributed by atoms with E-state index in [-0.39, 0.29) is 11.8 Å². The normalized spacial score (nSPS) is 12.6. The lowest BCUT2D eigenvalue weighted by Gasteiger charge is -2.18. The zero-order valence-corrected chi connectivity index (χ0v) is 11.7. The van der Waals surface area contributed by atoms with E-state index in [0.717, 1.165) is 21.2 Å². The van der Waals surface area contributed by atoms with Gasteiger partial charge in [0.15, 0.2) is 11.5 Å². The van der Waals surface area contributed by atoms with Gasteiger partial charge in [0.2, 0.25) is 0 Å². The quantitative estimate of drug-likeness (QED) is 0.899. The second kappa shape index (κ2) is 5.06. The molecule has 1 unspecified atom stereocenters. The van der Waals surface area contributed by atoms with Crippen molar-refractivity contribution in [1.82, 2.24) is 0 Å². The first-order valence-electron chi connectivity index (χ1n) is 5.20. The summed E-state index contributed by atoms with van der Waals surface area (Å²) in [7, 11) is 1.56. The predicted octanol–water partition coefficient (Wildman–Crippen LogP) is 2.67. The first-order chi connectivity index (χ1) is 7.40. The Kier molecular flexibility index (Phi) is 4.21. The monoisotopic (exact) mass is 287 g/mol. The van der Waals surface area contributed by atoms with E-state index >= 15 is 0 Å².